The van der Waals surface area contributed by atoms with E-state index in [4.69, 9.17) is 5.11 Å². The van der Waals surface area contributed by atoms with Gasteiger partial charge in [0.1, 0.15) is 18.4 Å². The maximum absolute atomic E-state index is 11.8. The van der Waals surface area contributed by atoms with Gasteiger partial charge in [-0.05, 0) is 26.0 Å². The van der Waals surface area contributed by atoms with Crippen LogP contribution in [-0.2, 0) is 16.1 Å². The number of amides is 1. The number of carboxylic acid groups (broad SMARTS) is 1. The van der Waals surface area contributed by atoms with Crippen molar-refractivity contribution in [2.24, 2.45) is 0 Å². The third-order valence-corrected chi connectivity index (χ3v) is 2.90. The normalized spacial score (nSPS) is 12.3. The molecule has 100 valence electrons. The van der Waals surface area contributed by atoms with Crippen molar-refractivity contribution in [3.8, 4) is 0 Å². The molecule has 2 rings (SSSR count). The third-order valence-electron chi connectivity index (χ3n) is 2.90. The van der Waals surface area contributed by atoms with E-state index in [-0.39, 0.29) is 12.5 Å². The number of hydrogen-bond acceptors (Lipinski definition) is 3. The number of benzene rings is 1. The predicted octanol–water partition coefficient (Wildman–Crippen LogP) is 0.934. The molecule has 0 fully saturated rings. The van der Waals surface area contributed by atoms with Gasteiger partial charge in [0.25, 0.3) is 0 Å². The Morgan fingerprint density at radius 2 is 2.11 bits per heavy atom. The Balaban J connectivity index is 2.19. The summed E-state index contributed by atoms with van der Waals surface area (Å²) >= 11 is 0. The Hall–Kier alpha value is -2.37. The second-order valence-corrected chi connectivity index (χ2v) is 4.36. The summed E-state index contributed by atoms with van der Waals surface area (Å²) in [6.45, 7) is 3.30. The highest BCUT2D eigenvalue weighted by atomic mass is 16.4. The molecule has 0 aliphatic heterocycles. The molecule has 1 aromatic carbocycles. The molecule has 19 heavy (non-hydrogen) atoms. The molecule has 6 nitrogen and oxygen atoms in total. The van der Waals surface area contributed by atoms with Crippen LogP contribution in [0.15, 0.2) is 24.3 Å². The van der Waals surface area contributed by atoms with Gasteiger partial charge in [0, 0.05) is 0 Å². The van der Waals surface area contributed by atoms with Gasteiger partial charge < -0.3 is 15.0 Å². The molecule has 0 saturated heterocycles. The van der Waals surface area contributed by atoms with E-state index in [1.54, 1.807) is 4.57 Å². The lowest BCUT2D eigenvalue weighted by Gasteiger charge is -2.11. The Morgan fingerprint density at radius 1 is 1.42 bits per heavy atom. The molecule has 1 aromatic heterocycles. The molecule has 2 N–H and O–H groups in total. The molecule has 0 aliphatic rings. The summed E-state index contributed by atoms with van der Waals surface area (Å²) in [6.07, 6.45) is 0. The summed E-state index contributed by atoms with van der Waals surface area (Å²) in [7, 11) is 0. The Bertz CT molecular complexity index is 633. The molecule has 0 saturated carbocycles. The highest BCUT2D eigenvalue weighted by molar-refractivity contribution is 5.84. The van der Waals surface area contributed by atoms with Crippen molar-refractivity contribution < 1.29 is 14.7 Å². The van der Waals surface area contributed by atoms with E-state index >= 15 is 0 Å². The number of fused-ring (bicyclic) bond motifs is 1. The van der Waals surface area contributed by atoms with Crippen molar-refractivity contribution in [1.29, 1.82) is 0 Å². The van der Waals surface area contributed by atoms with E-state index < -0.39 is 12.0 Å². The van der Waals surface area contributed by atoms with Crippen molar-refractivity contribution in [2.45, 2.75) is 26.4 Å². The SMILES string of the molecule is Cc1nc2ccccc2n1CC(=O)NC(C)C(=O)O. The molecule has 1 heterocycles. The van der Waals surface area contributed by atoms with Crippen LogP contribution in [0.4, 0.5) is 0 Å². The second-order valence-electron chi connectivity index (χ2n) is 4.36. The number of nitrogens with one attached hydrogen (secondary N) is 1. The van der Waals surface area contributed by atoms with Crippen LogP contribution in [-0.4, -0.2) is 32.6 Å². The average Bonchev–Trinajstić information content (AvgIpc) is 2.66. The van der Waals surface area contributed by atoms with Crippen LogP contribution in [0.2, 0.25) is 0 Å². The molecule has 6 heteroatoms. The van der Waals surface area contributed by atoms with Gasteiger partial charge >= 0.3 is 5.97 Å². The number of nitrogens with zero attached hydrogens (tertiary/aromatic N) is 2. The topological polar surface area (TPSA) is 84.2 Å². The minimum absolute atomic E-state index is 0.0595. The number of imidazole rings is 1. The van der Waals surface area contributed by atoms with Crippen LogP contribution in [0.25, 0.3) is 11.0 Å². The van der Waals surface area contributed by atoms with Crippen LogP contribution < -0.4 is 5.32 Å². The fourth-order valence-corrected chi connectivity index (χ4v) is 1.89. The van der Waals surface area contributed by atoms with Crippen molar-refractivity contribution >= 4 is 22.9 Å². The first-order valence-electron chi connectivity index (χ1n) is 5.93. The standard InChI is InChI=1S/C13H15N3O3/c1-8(13(18)19)14-12(17)7-16-9(2)15-10-5-3-4-6-11(10)16/h3-6,8H,7H2,1-2H3,(H,14,17)(H,18,19). The van der Waals surface area contributed by atoms with Gasteiger partial charge in [-0.2, -0.15) is 0 Å². The highest BCUT2D eigenvalue weighted by Crippen LogP contribution is 2.14. The number of para-hydroxylation sites is 2. The van der Waals surface area contributed by atoms with Crippen molar-refractivity contribution in [2.75, 3.05) is 0 Å². The lowest BCUT2D eigenvalue weighted by molar-refractivity contribution is -0.141. The number of aromatic nitrogens is 2. The first kappa shape index (κ1) is 13.1. The number of aryl methyl sites for hydroxylation is 1. The van der Waals surface area contributed by atoms with Gasteiger partial charge in [-0.1, -0.05) is 12.1 Å². The molecule has 0 radical (unpaired) electrons. The molecule has 0 bridgehead atoms. The summed E-state index contributed by atoms with van der Waals surface area (Å²) in [5.41, 5.74) is 1.68. The van der Waals surface area contributed by atoms with Gasteiger partial charge in [-0.15, -0.1) is 0 Å². The van der Waals surface area contributed by atoms with Crippen molar-refractivity contribution in [3.63, 3.8) is 0 Å². The number of aliphatic carboxylic acids is 1. The number of hydrogen-bond donors (Lipinski definition) is 2. The van der Waals surface area contributed by atoms with E-state index in [1.807, 2.05) is 31.2 Å². The number of carbonyl (C=O) groups is 2. The molecule has 2 aromatic rings. The molecular weight excluding hydrogens is 246 g/mol. The van der Waals surface area contributed by atoms with Gasteiger partial charge in [0.2, 0.25) is 5.91 Å². The van der Waals surface area contributed by atoms with E-state index in [0.29, 0.717) is 0 Å². The zero-order valence-corrected chi connectivity index (χ0v) is 10.8. The highest BCUT2D eigenvalue weighted by Gasteiger charge is 2.16. The van der Waals surface area contributed by atoms with Crippen LogP contribution in [0, 0.1) is 6.92 Å². The zero-order chi connectivity index (χ0) is 14.0. The second kappa shape index (κ2) is 5.09. The van der Waals surface area contributed by atoms with Gasteiger partial charge in [-0.3, -0.25) is 9.59 Å². The maximum atomic E-state index is 11.8. The van der Waals surface area contributed by atoms with Crippen molar-refractivity contribution in [3.05, 3.63) is 30.1 Å². The van der Waals surface area contributed by atoms with Gasteiger partial charge in [0.15, 0.2) is 0 Å². The Kier molecular flexibility index (Phi) is 3.50. The lowest BCUT2D eigenvalue weighted by Crippen LogP contribution is -2.40. The molecule has 1 unspecified atom stereocenters. The summed E-state index contributed by atoms with van der Waals surface area (Å²) in [4.78, 5) is 26.8. The number of rotatable bonds is 4. The fraction of sp³-hybridized carbons (Fsp3) is 0.308. The Morgan fingerprint density at radius 3 is 2.79 bits per heavy atom. The third kappa shape index (κ3) is 2.73. The quantitative estimate of drug-likeness (QED) is 0.857. The smallest absolute Gasteiger partial charge is 0.325 e. The summed E-state index contributed by atoms with van der Waals surface area (Å²) in [5.74, 6) is -0.680. The number of carboxylic acids is 1. The molecule has 1 atom stereocenters. The zero-order valence-electron chi connectivity index (χ0n) is 10.8. The first-order valence-corrected chi connectivity index (χ1v) is 5.93. The van der Waals surface area contributed by atoms with Crippen molar-refractivity contribution in [1.82, 2.24) is 14.9 Å². The summed E-state index contributed by atoms with van der Waals surface area (Å²) in [6, 6.07) is 6.60. The van der Waals surface area contributed by atoms with E-state index in [1.165, 1.54) is 6.92 Å². The molecule has 1 amide bonds. The summed E-state index contributed by atoms with van der Waals surface area (Å²) < 4.78 is 1.76. The number of carbonyl (C=O) groups excluding carboxylic acids is 1. The summed E-state index contributed by atoms with van der Waals surface area (Å²) in [5, 5.41) is 11.2. The van der Waals surface area contributed by atoms with Gasteiger partial charge in [-0.25, -0.2) is 4.98 Å². The van der Waals surface area contributed by atoms with Crippen LogP contribution >= 0.6 is 0 Å². The minimum atomic E-state index is -1.06. The maximum Gasteiger partial charge on any atom is 0.325 e. The van der Waals surface area contributed by atoms with Gasteiger partial charge in [0.05, 0.1) is 11.0 Å². The predicted molar refractivity (Wildman–Crippen MR) is 69.7 cm³/mol. The fourth-order valence-electron chi connectivity index (χ4n) is 1.89. The van der Waals surface area contributed by atoms with Crippen LogP contribution in [0.1, 0.15) is 12.7 Å². The molecule has 0 spiro atoms. The van der Waals surface area contributed by atoms with E-state index in [2.05, 4.69) is 10.3 Å². The monoisotopic (exact) mass is 261 g/mol. The molecule has 0 aliphatic carbocycles. The molecular formula is C13H15N3O3. The van der Waals surface area contributed by atoms with Crippen LogP contribution in [0.5, 0.6) is 0 Å². The van der Waals surface area contributed by atoms with E-state index in [0.717, 1.165) is 16.9 Å². The van der Waals surface area contributed by atoms with Crippen LogP contribution in [0.3, 0.4) is 0 Å². The lowest BCUT2D eigenvalue weighted by atomic mass is 10.3. The average molecular weight is 261 g/mol. The largest absolute Gasteiger partial charge is 0.480 e. The minimum Gasteiger partial charge on any atom is -0.480 e. The van der Waals surface area contributed by atoms with E-state index in [9.17, 15) is 9.59 Å². The first-order chi connectivity index (χ1) is 8.99. The Labute approximate surface area is 110 Å².